The molecule has 2 aromatic carbocycles. The summed E-state index contributed by atoms with van der Waals surface area (Å²) in [7, 11) is 0. The molecule has 3 rings (SSSR count). The zero-order valence-corrected chi connectivity index (χ0v) is 14.4. The van der Waals surface area contributed by atoms with Crippen LogP contribution in [0, 0.1) is 5.92 Å². The van der Waals surface area contributed by atoms with Crippen LogP contribution in [0.4, 0.5) is 0 Å². The molecule has 0 bridgehead atoms. The molecule has 0 aliphatic heterocycles. The van der Waals surface area contributed by atoms with Gasteiger partial charge in [0.15, 0.2) is 0 Å². The number of halogens is 2. The second kappa shape index (κ2) is 6.18. The van der Waals surface area contributed by atoms with Crippen LogP contribution in [0.25, 0.3) is 0 Å². The van der Waals surface area contributed by atoms with Crippen LogP contribution in [0.1, 0.15) is 24.5 Å². The first-order valence-electron chi connectivity index (χ1n) is 7.70. The van der Waals surface area contributed by atoms with E-state index in [0.29, 0.717) is 13.0 Å². The highest BCUT2D eigenvalue weighted by molar-refractivity contribution is 6.52. The quantitative estimate of drug-likeness (QED) is 0.802. The smallest absolute Gasteiger partial charge is 0.226 e. The SMILES string of the molecule is CC(CNC(=O)C1CC1(Cl)Cl)(c1ccccc1)c1ccccc1. The summed E-state index contributed by atoms with van der Waals surface area (Å²) < 4.78 is -0.889. The summed E-state index contributed by atoms with van der Waals surface area (Å²) >= 11 is 12.0. The monoisotopic (exact) mass is 347 g/mol. The Bertz CT molecular complexity index is 646. The van der Waals surface area contributed by atoms with Crippen LogP contribution in [0.2, 0.25) is 0 Å². The Kier molecular flexibility index (Phi) is 4.39. The molecule has 1 saturated carbocycles. The van der Waals surface area contributed by atoms with Crippen LogP contribution in [-0.2, 0) is 10.2 Å². The van der Waals surface area contributed by atoms with Gasteiger partial charge in [-0.25, -0.2) is 0 Å². The molecule has 4 heteroatoms. The number of nitrogens with one attached hydrogen (secondary N) is 1. The van der Waals surface area contributed by atoms with Gasteiger partial charge in [0, 0.05) is 12.0 Å². The van der Waals surface area contributed by atoms with E-state index < -0.39 is 4.33 Å². The molecule has 120 valence electrons. The lowest BCUT2D eigenvalue weighted by Crippen LogP contribution is -2.40. The fraction of sp³-hybridized carbons (Fsp3) is 0.316. The molecule has 0 heterocycles. The molecular formula is C19H19Cl2NO. The van der Waals surface area contributed by atoms with E-state index in [-0.39, 0.29) is 17.2 Å². The van der Waals surface area contributed by atoms with E-state index in [9.17, 15) is 4.79 Å². The molecular weight excluding hydrogens is 329 g/mol. The lowest BCUT2D eigenvalue weighted by Gasteiger charge is -2.31. The molecule has 1 aliphatic carbocycles. The van der Waals surface area contributed by atoms with Crippen molar-refractivity contribution in [3.8, 4) is 0 Å². The predicted octanol–water partition coefficient (Wildman–Crippen LogP) is 4.30. The highest BCUT2D eigenvalue weighted by Crippen LogP contribution is 2.53. The predicted molar refractivity (Wildman–Crippen MR) is 94.9 cm³/mol. The number of carbonyl (C=O) groups excluding carboxylic acids is 1. The average molecular weight is 348 g/mol. The molecule has 2 aromatic rings. The number of amides is 1. The lowest BCUT2D eigenvalue weighted by atomic mass is 9.76. The second-order valence-corrected chi connectivity index (χ2v) is 7.84. The molecule has 0 radical (unpaired) electrons. The van der Waals surface area contributed by atoms with Crippen LogP contribution < -0.4 is 5.32 Å². The Hall–Kier alpha value is -1.51. The lowest BCUT2D eigenvalue weighted by molar-refractivity contribution is -0.122. The molecule has 0 saturated heterocycles. The molecule has 2 nitrogen and oxygen atoms in total. The van der Waals surface area contributed by atoms with Gasteiger partial charge in [0.1, 0.15) is 4.33 Å². The second-order valence-electron chi connectivity index (χ2n) is 6.30. The van der Waals surface area contributed by atoms with Gasteiger partial charge in [0.05, 0.1) is 5.92 Å². The standard InChI is InChI=1S/C19H19Cl2NO/c1-18(14-8-4-2-5-9-14,15-10-6-3-7-11-15)13-22-17(23)16-12-19(16,20)21/h2-11,16H,12-13H2,1H3,(H,22,23). The van der Waals surface area contributed by atoms with Gasteiger partial charge in [-0.05, 0) is 24.5 Å². The number of hydrogen-bond donors (Lipinski definition) is 1. The number of alkyl halides is 2. The third-order valence-electron chi connectivity index (χ3n) is 4.58. The van der Waals surface area contributed by atoms with Crippen molar-refractivity contribution in [1.82, 2.24) is 5.32 Å². The van der Waals surface area contributed by atoms with Crippen molar-refractivity contribution in [2.75, 3.05) is 6.54 Å². The Labute approximate surface area is 146 Å². The van der Waals surface area contributed by atoms with Gasteiger partial charge in [-0.1, -0.05) is 60.7 Å². The van der Waals surface area contributed by atoms with E-state index in [1.54, 1.807) is 0 Å². The zero-order valence-electron chi connectivity index (χ0n) is 12.9. The topological polar surface area (TPSA) is 29.1 Å². The van der Waals surface area contributed by atoms with Gasteiger partial charge in [-0.3, -0.25) is 4.79 Å². The maximum absolute atomic E-state index is 12.3. The van der Waals surface area contributed by atoms with Gasteiger partial charge in [0.25, 0.3) is 0 Å². The first-order chi connectivity index (χ1) is 10.9. The third-order valence-corrected chi connectivity index (χ3v) is 5.42. The Balaban J connectivity index is 1.83. The summed E-state index contributed by atoms with van der Waals surface area (Å²) in [5.41, 5.74) is 2.00. The molecule has 1 N–H and O–H groups in total. The minimum atomic E-state index is -0.889. The molecule has 1 unspecified atom stereocenters. The number of hydrogen-bond acceptors (Lipinski definition) is 1. The first kappa shape index (κ1) is 16.4. The third kappa shape index (κ3) is 3.39. The molecule has 1 atom stereocenters. The minimum absolute atomic E-state index is 0.0758. The summed E-state index contributed by atoms with van der Waals surface area (Å²) in [5.74, 6) is -0.380. The van der Waals surface area contributed by atoms with E-state index in [4.69, 9.17) is 23.2 Å². The number of benzene rings is 2. The van der Waals surface area contributed by atoms with E-state index in [0.717, 1.165) is 11.1 Å². The average Bonchev–Trinajstić information content (AvgIpc) is 3.22. The van der Waals surface area contributed by atoms with E-state index in [1.165, 1.54) is 0 Å². The Morgan fingerprint density at radius 3 is 1.91 bits per heavy atom. The number of carbonyl (C=O) groups is 1. The summed E-state index contributed by atoms with van der Waals surface area (Å²) in [6.45, 7) is 2.64. The first-order valence-corrected chi connectivity index (χ1v) is 8.46. The summed E-state index contributed by atoms with van der Waals surface area (Å²) in [5, 5.41) is 3.03. The molecule has 23 heavy (non-hydrogen) atoms. The normalized spacial score (nSPS) is 19.2. The molecule has 1 fully saturated rings. The highest BCUT2D eigenvalue weighted by Gasteiger charge is 2.56. The molecule has 0 aromatic heterocycles. The van der Waals surface area contributed by atoms with Crippen LogP contribution >= 0.6 is 23.2 Å². The Morgan fingerprint density at radius 1 is 1.09 bits per heavy atom. The van der Waals surface area contributed by atoms with Crippen LogP contribution in [0.5, 0.6) is 0 Å². The largest absolute Gasteiger partial charge is 0.355 e. The maximum Gasteiger partial charge on any atom is 0.226 e. The molecule has 1 aliphatic rings. The van der Waals surface area contributed by atoms with Gasteiger partial charge < -0.3 is 5.32 Å². The zero-order chi connectivity index (χ0) is 16.5. The fourth-order valence-electron chi connectivity index (χ4n) is 2.87. The highest BCUT2D eigenvalue weighted by atomic mass is 35.5. The maximum atomic E-state index is 12.3. The summed E-state index contributed by atoms with van der Waals surface area (Å²) in [4.78, 5) is 12.3. The van der Waals surface area contributed by atoms with Crippen molar-refractivity contribution in [3.05, 3.63) is 71.8 Å². The van der Waals surface area contributed by atoms with Crippen molar-refractivity contribution in [2.24, 2.45) is 5.92 Å². The van der Waals surface area contributed by atoms with Crippen molar-refractivity contribution in [3.63, 3.8) is 0 Å². The van der Waals surface area contributed by atoms with Crippen molar-refractivity contribution >= 4 is 29.1 Å². The van der Waals surface area contributed by atoms with E-state index >= 15 is 0 Å². The molecule has 1 amide bonds. The van der Waals surface area contributed by atoms with Crippen molar-refractivity contribution in [2.45, 2.75) is 23.1 Å². The van der Waals surface area contributed by atoms with Crippen LogP contribution in [0.15, 0.2) is 60.7 Å². The summed E-state index contributed by atoms with van der Waals surface area (Å²) in [6, 6.07) is 20.4. The minimum Gasteiger partial charge on any atom is -0.355 e. The summed E-state index contributed by atoms with van der Waals surface area (Å²) in [6.07, 6.45) is 0.523. The van der Waals surface area contributed by atoms with Crippen molar-refractivity contribution in [1.29, 1.82) is 0 Å². The van der Waals surface area contributed by atoms with E-state index in [2.05, 4.69) is 36.5 Å². The fourth-order valence-corrected chi connectivity index (χ4v) is 3.37. The van der Waals surface area contributed by atoms with Gasteiger partial charge in [0.2, 0.25) is 5.91 Å². The van der Waals surface area contributed by atoms with Gasteiger partial charge in [-0.2, -0.15) is 0 Å². The van der Waals surface area contributed by atoms with Crippen LogP contribution in [0.3, 0.4) is 0 Å². The van der Waals surface area contributed by atoms with Crippen molar-refractivity contribution < 1.29 is 4.79 Å². The van der Waals surface area contributed by atoms with Gasteiger partial charge >= 0.3 is 0 Å². The van der Waals surface area contributed by atoms with E-state index in [1.807, 2.05) is 36.4 Å². The molecule has 0 spiro atoms. The van der Waals surface area contributed by atoms with Gasteiger partial charge in [-0.15, -0.1) is 23.2 Å². The number of rotatable bonds is 5. The van der Waals surface area contributed by atoms with Crippen LogP contribution in [-0.4, -0.2) is 16.8 Å². The Morgan fingerprint density at radius 2 is 1.52 bits per heavy atom.